The topological polar surface area (TPSA) is 73.2 Å². The first-order valence-electron chi connectivity index (χ1n) is 9.38. The normalized spacial score (nSPS) is 26.4. The summed E-state index contributed by atoms with van der Waals surface area (Å²) in [6.45, 7) is 5.67. The van der Waals surface area contributed by atoms with Crippen LogP contribution in [0.1, 0.15) is 25.1 Å². The third-order valence-electron chi connectivity index (χ3n) is 5.71. The molecule has 2 atom stereocenters. The molecule has 0 amide bonds. The van der Waals surface area contributed by atoms with E-state index in [1.807, 2.05) is 29.3 Å². The first-order valence-corrected chi connectivity index (χ1v) is 9.38. The van der Waals surface area contributed by atoms with Gasteiger partial charge in [0, 0.05) is 50.5 Å². The van der Waals surface area contributed by atoms with Crippen molar-refractivity contribution in [2.75, 3.05) is 26.2 Å². The van der Waals surface area contributed by atoms with Crippen LogP contribution in [-0.4, -0.2) is 73.0 Å². The molecule has 2 aliphatic rings. The Morgan fingerprint density at radius 2 is 2.08 bits per heavy atom. The van der Waals surface area contributed by atoms with Gasteiger partial charge in [-0.2, -0.15) is 5.10 Å². The molecule has 136 valence electrons. The van der Waals surface area contributed by atoms with Crippen molar-refractivity contribution in [2.24, 2.45) is 5.92 Å². The molecule has 0 spiro atoms. The Labute approximate surface area is 148 Å². The fourth-order valence-electron chi connectivity index (χ4n) is 4.25. The van der Waals surface area contributed by atoms with Gasteiger partial charge < -0.3 is 10.1 Å². The molecule has 2 N–H and O–H groups in total. The molecule has 7 heteroatoms. The molecule has 2 aromatic heterocycles. The average molecular weight is 344 g/mol. The predicted molar refractivity (Wildman–Crippen MR) is 94.8 cm³/mol. The Morgan fingerprint density at radius 3 is 2.80 bits per heavy atom. The summed E-state index contributed by atoms with van der Waals surface area (Å²) in [5.41, 5.74) is 0. The second-order valence-electron chi connectivity index (χ2n) is 7.40. The molecule has 7 nitrogen and oxygen atoms in total. The molecule has 0 saturated carbocycles. The number of hydrogen-bond donors (Lipinski definition) is 2. The van der Waals surface area contributed by atoms with E-state index in [1.165, 1.54) is 19.3 Å². The number of aryl methyl sites for hydroxylation is 1. The Kier molecular flexibility index (Phi) is 5.14. The molecule has 0 aromatic carbocycles. The van der Waals surface area contributed by atoms with Gasteiger partial charge in [0.1, 0.15) is 5.82 Å². The molecule has 0 radical (unpaired) electrons. The van der Waals surface area contributed by atoms with Crippen LogP contribution in [0.4, 0.5) is 0 Å². The van der Waals surface area contributed by atoms with Crippen LogP contribution < -0.4 is 0 Å². The minimum Gasteiger partial charge on any atom is -0.390 e. The standard InChI is InChI=1S/C18H28N6O/c25-17-13-22(14-18-19-6-7-20-18)12-16(17)23-9-2-15(3-10-23)4-11-24-8-1-5-21-24/h1,5-8,15-17,25H,2-4,9-14H2,(H,19,20)/t16-,17-/m1/s1. The van der Waals surface area contributed by atoms with E-state index in [0.29, 0.717) is 0 Å². The predicted octanol–water partition coefficient (Wildman–Crippen LogP) is 0.954. The maximum Gasteiger partial charge on any atom is 0.120 e. The zero-order valence-corrected chi connectivity index (χ0v) is 14.7. The lowest BCUT2D eigenvalue weighted by atomic mass is 9.92. The van der Waals surface area contributed by atoms with E-state index in [9.17, 15) is 5.11 Å². The number of H-pyrrole nitrogens is 1. The number of hydrogen-bond acceptors (Lipinski definition) is 5. The molecule has 2 aromatic rings. The summed E-state index contributed by atoms with van der Waals surface area (Å²) in [5.74, 6) is 1.75. The van der Waals surface area contributed by atoms with Crippen molar-refractivity contribution in [3.63, 3.8) is 0 Å². The number of imidazole rings is 1. The van der Waals surface area contributed by atoms with Gasteiger partial charge in [0.25, 0.3) is 0 Å². The maximum absolute atomic E-state index is 10.5. The number of aliphatic hydroxyl groups is 1. The van der Waals surface area contributed by atoms with Gasteiger partial charge in [-0.3, -0.25) is 14.5 Å². The average Bonchev–Trinajstić information content (AvgIpc) is 3.37. The number of aliphatic hydroxyl groups excluding tert-OH is 1. The second kappa shape index (κ2) is 7.68. The SMILES string of the molecule is O[C@@H]1CN(Cc2ncc[nH]2)C[C@H]1N1CCC(CCn2cccn2)CC1. The third kappa shape index (κ3) is 4.11. The summed E-state index contributed by atoms with van der Waals surface area (Å²) in [6.07, 6.45) is 10.9. The van der Waals surface area contributed by atoms with E-state index in [2.05, 4.69) is 24.9 Å². The van der Waals surface area contributed by atoms with E-state index in [0.717, 1.165) is 51.0 Å². The molecule has 0 bridgehead atoms. The van der Waals surface area contributed by atoms with Gasteiger partial charge >= 0.3 is 0 Å². The highest BCUT2D eigenvalue weighted by molar-refractivity contribution is 4.95. The Balaban J connectivity index is 1.23. The lowest BCUT2D eigenvalue weighted by molar-refractivity contribution is 0.0569. The van der Waals surface area contributed by atoms with Crippen LogP contribution in [0.2, 0.25) is 0 Å². The number of piperidine rings is 1. The first kappa shape index (κ1) is 16.8. The Bertz CT molecular complexity index is 620. The molecule has 4 rings (SSSR count). The van der Waals surface area contributed by atoms with E-state index >= 15 is 0 Å². The van der Waals surface area contributed by atoms with E-state index in [1.54, 1.807) is 6.20 Å². The summed E-state index contributed by atoms with van der Waals surface area (Å²) in [6, 6.07) is 2.25. The van der Waals surface area contributed by atoms with Crippen molar-refractivity contribution < 1.29 is 5.11 Å². The molecule has 2 saturated heterocycles. The number of nitrogens with zero attached hydrogens (tertiary/aromatic N) is 5. The van der Waals surface area contributed by atoms with E-state index in [4.69, 9.17) is 0 Å². The molecule has 0 unspecified atom stereocenters. The van der Waals surface area contributed by atoms with E-state index < -0.39 is 0 Å². The van der Waals surface area contributed by atoms with Gasteiger partial charge in [-0.05, 0) is 44.3 Å². The number of rotatable bonds is 6. The van der Waals surface area contributed by atoms with Gasteiger partial charge in [0.2, 0.25) is 0 Å². The molecule has 2 aliphatic heterocycles. The highest BCUT2D eigenvalue weighted by atomic mass is 16.3. The van der Waals surface area contributed by atoms with Crippen molar-refractivity contribution >= 4 is 0 Å². The molecular formula is C18H28N6O. The third-order valence-corrected chi connectivity index (χ3v) is 5.71. The lowest BCUT2D eigenvalue weighted by Crippen LogP contribution is -2.47. The van der Waals surface area contributed by atoms with Crippen molar-refractivity contribution in [1.82, 2.24) is 29.5 Å². The maximum atomic E-state index is 10.5. The highest BCUT2D eigenvalue weighted by Crippen LogP contribution is 2.26. The number of aromatic amines is 1. The smallest absolute Gasteiger partial charge is 0.120 e. The molecule has 0 aliphatic carbocycles. The largest absolute Gasteiger partial charge is 0.390 e. The minimum atomic E-state index is -0.254. The molecule has 4 heterocycles. The van der Waals surface area contributed by atoms with Crippen LogP contribution >= 0.6 is 0 Å². The van der Waals surface area contributed by atoms with Crippen molar-refractivity contribution in [3.8, 4) is 0 Å². The number of likely N-dealkylation sites (tertiary alicyclic amines) is 2. The number of aromatic nitrogens is 4. The van der Waals surface area contributed by atoms with Gasteiger partial charge in [-0.25, -0.2) is 4.98 Å². The van der Waals surface area contributed by atoms with Gasteiger partial charge in [-0.1, -0.05) is 0 Å². The summed E-state index contributed by atoms with van der Waals surface area (Å²) < 4.78 is 2.03. The lowest BCUT2D eigenvalue weighted by Gasteiger charge is -2.37. The summed E-state index contributed by atoms with van der Waals surface area (Å²) in [4.78, 5) is 12.2. The van der Waals surface area contributed by atoms with Crippen LogP contribution in [0.15, 0.2) is 30.9 Å². The number of β-amino-alcohol motifs (C(OH)–C–C–N with tert-alkyl or cyclic N) is 1. The fraction of sp³-hybridized carbons (Fsp3) is 0.667. The van der Waals surface area contributed by atoms with Gasteiger partial charge in [-0.15, -0.1) is 0 Å². The van der Waals surface area contributed by atoms with Crippen molar-refractivity contribution in [1.29, 1.82) is 0 Å². The Morgan fingerprint density at radius 1 is 1.20 bits per heavy atom. The molecule has 25 heavy (non-hydrogen) atoms. The van der Waals surface area contributed by atoms with Crippen LogP contribution in [-0.2, 0) is 13.1 Å². The zero-order chi connectivity index (χ0) is 17.1. The minimum absolute atomic E-state index is 0.254. The summed E-state index contributed by atoms with van der Waals surface area (Å²) in [5, 5.41) is 14.8. The highest BCUT2D eigenvalue weighted by Gasteiger charge is 2.37. The monoisotopic (exact) mass is 344 g/mol. The summed E-state index contributed by atoms with van der Waals surface area (Å²) in [7, 11) is 0. The van der Waals surface area contributed by atoms with E-state index in [-0.39, 0.29) is 12.1 Å². The van der Waals surface area contributed by atoms with Crippen molar-refractivity contribution in [2.45, 2.75) is 44.5 Å². The van der Waals surface area contributed by atoms with Crippen LogP contribution in [0.25, 0.3) is 0 Å². The van der Waals surface area contributed by atoms with Gasteiger partial charge in [0.05, 0.1) is 12.6 Å². The Hall–Kier alpha value is -1.70. The first-order chi connectivity index (χ1) is 12.3. The van der Waals surface area contributed by atoms with Crippen LogP contribution in [0.5, 0.6) is 0 Å². The van der Waals surface area contributed by atoms with Crippen LogP contribution in [0, 0.1) is 5.92 Å². The molecular weight excluding hydrogens is 316 g/mol. The van der Waals surface area contributed by atoms with Gasteiger partial charge in [0.15, 0.2) is 0 Å². The zero-order valence-electron chi connectivity index (χ0n) is 14.7. The number of nitrogens with one attached hydrogen (secondary N) is 1. The fourth-order valence-corrected chi connectivity index (χ4v) is 4.25. The quantitative estimate of drug-likeness (QED) is 0.816. The van der Waals surface area contributed by atoms with Crippen molar-refractivity contribution in [3.05, 3.63) is 36.7 Å². The second-order valence-corrected chi connectivity index (χ2v) is 7.40. The summed E-state index contributed by atoms with van der Waals surface area (Å²) >= 11 is 0. The molecule has 2 fully saturated rings. The van der Waals surface area contributed by atoms with Crippen LogP contribution in [0.3, 0.4) is 0 Å².